The lowest BCUT2D eigenvalue weighted by Crippen LogP contribution is -2.44. The molecular weight excluding hydrogens is 236 g/mol. The molecule has 104 valence electrons. The third kappa shape index (κ3) is 4.27. The maximum atomic E-state index is 11.9. The number of amides is 2. The van der Waals surface area contributed by atoms with E-state index in [9.17, 15) is 9.59 Å². The molecule has 1 saturated carbocycles. The van der Waals surface area contributed by atoms with E-state index in [0.29, 0.717) is 12.8 Å². The Kier molecular flexibility index (Phi) is 6.67. The third-order valence-corrected chi connectivity index (χ3v) is 3.26. The van der Waals surface area contributed by atoms with E-state index < -0.39 is 0 Å². The minimum absolute atomic E-state index is 0.0974. The van der Waals surface area contributed by atoms with E-state index in [2.05, 4.69) is 10.6 Å². The smallest absolute Gasteiger partial charge is 0.223 e. The summed E-state index contributed by atoms with van der Waals surface area (Å²) in [6.07, 6.45) is 3.30. The first kappa shape index (κ1) is 14.9. The zero-order chi connectivity index (χ0) is 13.4. The van der Waals surface area contributed by atoms with Crippen LogP contribution in [0.1, 0.15) is 25.7 Å². The molecule has 4 N–H and O–H groups in total. The number of nitrogens with one attached hydrogen (secondary N) is 2. The highest BCUT2D eigenvalue weighted by molar-refractivity contribution is 5.87. The van der Waals surface area contributed by atoms with Crippen molar-refractivity contribution < 1.29 is 19.8 Å². The first-order valence-corrected chi connectivity index (χ1v) is 6.47. The van der Waals surface area contributed by atoms with E-state index in [0.717, 1.165) is 12.8 Å². The fraction of sp³-hybridized carbons (Fsp3) is 0.833. The van der Waals surface area contributed by atoms with Gasteiger partial charge in [-0.3, -0.25) is 9.59 Å². The van der Waals surface area contributed by atoms with Crippen LogP contribution in [0, 0.1) is 11.8 Å². The first-order chi connectivity index (χ1) is 8.70. The number of rotatable bonds is 6. The fourth-order valence-corrected chi connectivity index (χ4v) is 2.38. The highest BCUT2D eigenvalue weighted by Gasteiger charge is 2.35. The molecule has 18 heavy (non-hydrogen) atoms. The van der Waals surface area contributed by atoms with Crippen molar-refractivity contribution in [3.63, 3.8) is 0 Å². The largest absolute Gasteiger partial charge is 0.395 e. The molecule has 1 fully saturated rings. The van der Waals surface area contributed by atoms with Crippen LogP contribution in [0.2, 0.25) is 0 Å². The predicted octanol–water partition coefficient (Wildman–Crippen LogP) is -0.990. The Morgan fingerprint density at radius 3 is 1.61 bits per heavy atom. The van der Waals surface area contributed by atoms with Crippen molar-refractivity contribution in [3.05, 3.63) is 0 Å². The summed E-state index contributed by atoms with van der Waals surface area (Å²) in [6, 6.07) is 0. The number of carbonyl (C=O) groups excluding carboxylic acids is 2. The number of hydrogen-bond acceptors (Lipinski definition) is 4. The van der Waals surface area contributed by atoms with Gasteiger partial charge in [-0.1, -0.05) is 12.8 Å². The second-order valence-corrected chi connectivity index (χ2v) is 4.53. The first-order valence-electron chi connectivity index (χ1n) is 6.47. The zero-order valence-corrected chi connectivity index (χ0v) is 10.5. The molecule has 0 aromatic rings. The van der Waals surface area contributed by atoms with Crippen molar-refractivity contribution in [3.8, 4) is 0 Å². The van der Waals surface area contributed by atoms with Crippen LogP contribution < -0.4 is 10.6 Å². The van der Waals surface area contributed by atoms with Gasteiger partial charge in [-0.25, -0.2) is 0 Å². The third-order valence-electron chi connectivity index (χ3n) is 3.26. The van der Waals surface area contributed by atoms with Crippen molar-refractivity contribution >= 4 is 11.8 Å². The van der Waals surface area contributed by atoms with Gasteiger partial charge in [0, 0.05) is 24.9 Å². The van der Waals surface area contributed by atoms with Gasteiger partial charge in [-0.05, 0) is 12.8 Å². The average molecular weight is 258 g/mol. The summed E-state index contributed by atoms with van der Waals surface area (Å²) in [6.45, 7) is 0.250. The summed E-state index contributed by atoms with van der Waals surface area (Å²) in [4.78, 5) is 23.8. The summed E-state index contributed by atoms with van der Waals surface area (Å²) in [5, 5.41) is 22.6. The number of aliphatic hydroxyl groups excluding tert-OH is 2. The van der Waals surface area contributed by atoms with Gasteiger partial charge in [0.05, 0.1) is 13.2 Å². The molecule has 6 nitrogen and oxygen atoms in total. The number of carbonyl (C=O) groups is 2. The molecule has 2 amide bonds. The van der Waals surface area contributed by atoms with E-state index in [1.807, 2.05) is 0 Å². The Bertz CT molecular complexity index is 255. The lowest BCUT2D eigenvalue weighted by atomic mass is 9.78. The molecule has 1 aliphatic carbocycles. The Morgan fingerprint density at radius 1 is 0.889 bits per heavy atom. The van der Waals surface area contributed by atoms with Gasteiger partial charge >= 0.3 is 0 Å². The van der Waals surface area contributed by atoms with Crippen LogP contribution in [0.15, 0.2) is 0 Å². The second-order valence-electron chi connectivity index (χ2n) is 4.53. The molecule has 0 spiro atoms. The maximum absolute atomic E-state index is 11.9. The average Bonchev–Trinajstić information content (AvgIpc) is 2.42. The van der Waals surface area contributed by atoms with Crippen molar-refractivity contribution in [2.45, 2.75) is 25.7 Å². The Labute approximate surface area is 107 Å². The van der Waals surface area contributed by atoms with E-state index in [-0.39, 0.29) is 50.0 Å². The van der Waals surface area contributed by atoms with E-state index >= 15 is 0 Å². The van der Waals surface area contributed by atoms with E-state index in [4.69, 9.17) is 10.2 Å². The van der Waals surface area contributed by atoms with Crippen LogP contribution >= 0.6 is 0 Å². The van der Waals surface area contributed by atoms with Crippen molar-refractivity contribution in [1.29, 1.82) is 0 Å². The molecule has 6 heteroatoms. The lowest BCUT2D eigenvalue weighted by Gasteiger charge is -2.29. The SMILES string of the molecule is O=C(NCCO)C1CCCCC1C(=O)NCCO. The number of aliphatic hydroxyl groups is 2. The van der Waals surface area contributed by atoms with Gasteiger partial charge in [0.25, 0.3) is 0 Å². The summed E-state index contributed by atoms with van der Waals surface area (Å²) < 4.78 is 0. The Morgan fingerprint density at radius 2 is 1.28 bits per heavy atom. The molecular formula is C12H22N2O4. The monoisotopic (exact) mass is 258 g/mol. The molecule has 1 rings (SSSR count). The molecule has 0 aliphatic heterocycles. The molecule has 2 atom stereocenters. The molecule has 1 aliphatic rings. The molecule has 0 heterocycles. The molecule has 0 saturated heterocycles. The van der Waals surface area contributed by atoms with Crippen LogP contribution in [0.4, 0.5) is 0 Å². The highest BCUT2D eigenvalue weighted by atomic mass is 16.3. The van der Waals surface area contributed by atoms with Gasteiger partial charge in [-0.2, -0.15) is 0 Å². The molecule has 0 aromatic carbocycles. The minimum atomic E-state index is -0.316. The maximum Gasteiger partial charge on any atom is 0.223 e. The summed E-state index contributed by atoms with van der Waals surface area (Å²) >= 11 is 0. The fourth-order valence-electron chi connectivity index (χ4n) is 2.38. The van der Waals surface area contributed by atoms with Gasteiger partial charge in [-0.15, -0.1) is 0 Å². The lowest BCUT2D eigenvalue weighted by molar-refractivity contribution is -0.136. The zero-order valence-electron chi connectivity index (χ0n) is 10.5. The number of hydrogen-bond donors (Lipinski definition) is 4. The van der Waals surface area contributed by atoms with Crippen LogP contribution in [0.25, 0.3) is 0 Å². The second kappa shape index (κ2) is 8.05. The van der Waals surface area contributed by atoms with Crippen molar-refractivity contribution in [2.75, 3.05) is 26.3 Å². The highest BCUT2D eigenvalue weighted by Crippen LogP contribution is 2.30. The Hall–Kier alpha value is -1.14. The minimum Gasteiger partial charge on any atom is -0.395 e. The molecule has 2 unspecified atom stereocenters. The van der Waals surface area contributed by atoms with Gasteiger partial charge < -0.3 is 20.8 Å². The predicted molar refractivity (Wildman–Crippen MR) is 65.6 cm³/mol. The van der Waals surface area contributed by atoms with Gasteiger partial charge in [0.15, 0.2) is 0 Å². The van der Waals surface area contributed by atoms with Crippen LogP contribution in [-0.4, -0.2) is 48.3 Å². The summed E-state index contributed by atoms with van der Waals surface area (Å²) in [5.74, 6) is -0.950. The molecule has 0 radical (unpaired) electrons. The quantitative estimate of drug-likeness (QED) is 0.491. The summed E-state index contributed by atoms with van der Waals surface area (Å²) in [7, 11) is 0. The van der Waals surface area contributed by atoms with E-state index in [1.165, 1.54) is 0 Å². The topological polar surface area (TPSA) is 98.7 Å². The van der Waals surface area contributed by atoms with E-state index in [1.54, 1.807) is 0 Å². The van der Waals surface area contributed by atoms with Crippen LogP contribution in [0.5, 0.6) is 0 Å². The van der Waals surface area contributed by atoms with Crippen molar-refractivity contribution in [1.82, 2.24) is 10.6 Å². The van der Waals surface area contributed by atoms with Gasteiger partial charge in [0.2, 0.25) is 11.8 Å². The Balaban J connectivity index is 2.55. The molecule has 0 bridgehead atoms. The summed E-state index contributed by atoms with van der Waals surface area (Å²) in [5.41, 5.74) is 0. The van der Waals surface area contributed by atoms with Crippen molar-refractivity contribution in [2.24, 2.45) is 11.8 Å². The van der Waals surface area contributed by atoms with Gasteiger partial charge in [0.1, 0.15) is 0 Å². The molecule has 0 aromatic heterocycles. The standard InChI is InChI=1S/C12H22N2O4/c15-7-5-13-11(17)9-3-1-2-4-10(9)12(18)14-6-8-16/h9-10,15-16H,1-8H2,(H,13,17)(H,14,18). The van der Waals surface area contributed by atoms with Crippen LogP contribution in [-0.2, 0) is 9.59 Å². The normalized spacial score (nSPS) is 23.4. The van der Waals surface area contributed by atoms with Crippen LogP contribution in [0.3, 0.4) is 0 Å².